The van der Waals surface area contributed by atoms with E-state index in [0.717, 1.165) is 27.7 Å². The van der Waals surface area contributed by atoms with Gasteiger partial charge in [0.1, 0.15) is 5.75 Å². The van der Waals surface area contributed by atoms with Crippen molar-refractivity contribution in [3.63, 3.8) is 0 Å². The molecule has 0 aromatic heterocycles. The molecule has 92 valence electrons. The van der Waals surface area contributed by atoms with Gasteiger partial charge in [-0.25, -0.2) is 0 Å². The number of hydrogen-bond donors (Lipinski definition) is 0. The summed E-state index contributed by atoms with van der Waals surface area (Å²) >= 11 is 2.26. The number of nitriles is 1. The van der Waals surface area contributed by atoms with Crippen molar-refractivity contribution >= 4 is 22.6 Å². The third-order valence-electron chi connectivity index (χ3n) is 2.84. The summed E-state index contributed by atoms with van der Waals surface area (Å²) in [6.45, 7) is 2.18. The number of nitrogens with zero attached hydrogens (tertiary/aromatic N) is 1. The first-order valence-corrected chi connectivity index (χ1v) is 7.04. The number of hydrogen-bond acceptors (Lipinski definition) is 2. The molecule has 0 spiro atoms. The second kappa shape index (κ2) is 7.54. The summed E-state index contributed by atoms with van der Waals surface area (Å²) < 4.78 is 6.35. The number of methoxy groups -OCH3 is 1. The smallest absolute Gasteiger partial charge is 0.132 e. The quantitative estimate of drug-likeness (QED) is 0.563. The van der Waals surface area contributed by atoms with E-state index in [0.29, 0.717) is 0 Å². The average Bonchev–Trinajstić information content (AvgIpc) is 2.36. The Morgan fingerprint density at radius 3 is 2.76 bits per heavy atom. The SMILES string of the molecule is CCCCCC(C#N)c1cccc(OC)c1I. The summed E-state index contributed by atoms with van der Waals surface area (Å²) in [5.41, 5.74) is 1.10. The molecule has 0 aliphatic carbocycles. The molecule has 0 amide bonds. The highest BCUT2D eigenvalue weighted by Gasteiger charge is 2.15. The highest BCUT2D eigenvalue weighted by molar-refractivity contribution is 14.1. The molecule has 0 N–H and O–H groups in total. The zero-order chi connectivity index (χ0) is 12.7. The van der Waals surface area contributed by atoms with Crippen molar-refractivity contribution in [2.45, 2.75) is 38.5 Å². The van der Waals surface area contributed by atoms with Crippen LogP contribution in [0.25, 0.3) is 0 Å². The van der Waals surface area contributed by atoms with Crippen LogP contribution in [-0.2, 0) is 0 Å². The van der Waals surface area contributed by atoms with E-state index in [1.54, 1.807) is 7.11 Å². The van der Waals surface area contributed by atoms with Crippen molar-refractivity contribution in [2.24, 2.45) is 0 Å². The van der Waals surface area contributed by atoms with Gasteiger partial charge in [0, 0.05) is 0 Å². The van der Waals surface area contributed by atoms with Gasteiger partial charge in [-0.2, -0.15) is 5.26 Å². The van der Waals surface area contributed by atoms with Crippen LogP contribution in [-0.4, -0.2) is 7.11 Å². The van der Waals surface area contributed by atoms with E-state index in [1.165, 1.54) is 12.8 Å². The summed E-state index contributed by atoms with van der Waals surface area (Å²) in [4.78, 5) is 0. The van der Waals surface area contributed by atoms with Crippen molar-refractivity contribution in [3.8, 4) is 11.8 Å². The van der Waals surface area contributed by atoms with Crippen molar-refractivity contribution in [1.82, 2.24) is 0 Å². The second-order valence-corrected chi connectivity index (χ2v) is 5.12. The Morgan fingerprint density at radius 1 is 1.41 bits per heavy atom. The van der Waals surface area contributed by atoms with Crippen LogP contribution in [0.3, 0.4) is 0 Å². The van der Waals surface area contributed by atoms with Crippen LogP contribution < -0.4 is 4.74 Å². The molecule has 0 aliphatic heterocycles. The normalized spacial score (nSPS) is 11.9. The lowest BCUT2D eigenvalue weighted by Crippen LogP contribution is -2.00. The number of unbranched alkanes of at least 4 members (excludes halogenated alkanes) is 2. The van der Waals surface area contributed by atoms with E-state index in [1.807, 2.05) is 18.2 Å². The molecule has 0 saturated heterocycles. The van der Waals surface area contributed by atoms with Gasteiger partial charge in [-0.15, -0.1) is 0 Å². The Kier molecular flexibility index (Phi) is 6.35. The summed E-state index contributed by atoms with van der Waals surface area (Å²) in [7, 11) is 1.67. The topological polar surface area (TPSA) is 33.0 Å². The van der Waals surface area contributed by atoms with Gasteiger partial charge in [0.15, 0.2) is 0 Å². The standard InChI is InChI=1S/C14H18INO/c1-3-4-5-7-11(10-16)12-8-6-9-13(17-2)14(12)15/h6,8-9,11H,3-5,7H2,1-2H3. The van der Waals surface area contributed by atoms with E-state index in [4.69, 9.17) is 4.74 Å². The Bertz CT molecular complexity index is 398. The van der Waals surface area contributed by atoms with Gasteiger partial charge in [-0.05, 0) is 40.6 Å². The molecule has 0 radical (unpaired) electrons. The van der Waals surface area contributed by atoms with Crippen molar-refractivity contribution in [1.29, 1.82) is 5.26 Å². The van der Waals surface area contributed by atoms with Crippen LogP contribution in [0.4, 0.5) is 0 Å². The monoisotopic (exact) mass is 343 g/mol. The molecule has 1 atom stereocenters. The zero-order valence-electron chi connectivity index (χ0n) is 10.4. The van der Waals surface area contributed by atoms with E-state index < -0.39 is 0 Å². The molecule has 0 aliphatic rings. The second-order valence-electron chi connectivity index (χ2n) is 4.04. The fraction of sp³-hybridized carbons (Fsp3) is 0.500. The van der Waals surface area contributed by atoms with Crippen LogP contribution in [0, 0.1) is 14.9 Å². The van der Waals surface area contributed by atoms with Crippen molar-refractivity contribution in [2.75, 3.05) is 7.11 Å². The van der Waals surface area contributed by atoms with Crippen LogP contribution in [0.2, 0.25) is 0 Å². The van der Waals surface area contributed by atoms with Crippen LogP contribution in [0.15, 0.2) is 18.2 Å². The minimum Gasteiger partial charge on any atom is -0.496 e. The molecule has 3 heteroatoms. The largest absolute Gasteiger partial charge is 0.496 e. The highest BCUT2D eigenvalue weighted by atomic mass is 127. The Hall–Kier alpha value is -0.760. The van der Waals surface area contributed by atoms with Crippen molar-refractivity contribution < 1.29 is 4.74 Å². The molecular weight excluding hydrogens is 325 g/mol. The van der Waals surface area contributed by atoms with Crippen LogP contribution >= 0.6 is 22.6 Å². The molecular formula is C14H18INO. The predicted molar refractivity (Wildman–Crippen MR) is 78.2 cm³/mol. The molecule has 0 bridgehead atoms. The Balaban J connectivity index is 2.85. The number of rotatable bonds is 6. The van der Waals surface area contributed by atoms with Gasteiger partial charge in [0.05, 0.1) is 22.7 Å². The number of benzene rings is 1. The molecule has 0 fully saturated rings. The van der Waals surface area contributed by atoms with Gasteiger partial charge in [0.2, 0.25) is 0 Å². The molecule has 1 aromatic carbocycles. The Labute approximate surface area is 117 Å². The number of halogens is 1. The fourth-order valence-electron chi connectivity index (χ4n) is 1.84. The maximum Gasteiger partial charge on any atom is 0.132 e. The molecule has 0 saturated carbocycles. The van der Waals surface area contributed by atoms with E-state index >= 15 is 0 Å². The molecule has 1 unspecified atom stereocenters. The molecule has 17 heavy (non-hydrogen) atoms. The predicted octanol–water partition coefficient (Wildman–Crippen LogP) is 4.49. The van der Waals surface area contributed by atoms with Gasteiger partial charge < -0.3 is 4.74 Å². The molecule has 2 nitrogen and oxygen atoms in total. The van der Waals surface area contributed by atoms with Gasteiger partial charge >= 0.3 is 0 Å². The third kappa shape index (κ3) is 3.88. The first kappa shape index (κ1) is 14.3. The Morgan fingerprint density at radius 2 is 2.18 bits per heavy atom. The summed E-state index contributed by atoms with van der Waals surface area (Å²) in [6, 6.07) is 8.34. The first-order chi connectivity index (χ1) is 8.24. The average molecular weight is 343 g/mol. The lowest BCUT2D eigenvalue weighted by atomic mass is 9.94. The number of ether oxygens (including phenoxy) is 1. The summed E-state index contributed by atoms with van der Waals surface area (Å²) in [5.74, 6) is 0.849. The van der Waals surface area contributed by atoms with Gasteiger partial charge in [-0.1, -0.05) is 38.3 Å². The van der Waals surface area contributed by atoms with Crippen LogP contribution in [0.5, 0.6) is 5.75 Å². The van der Waals surface area contributed by atoms with Crippen molar-refractivity contribution in [3.05, 3.63) is 27.3 Å². The summed E-state index contributed by atoms with van der Waals surface area (Å²) in [5, 5.41) is 9.27. The molecule has 1 rings (SSSR count). The van der Waals surface area contributed by atoms with Gasteiger partial charge in [-0.3, -0.25) is 0 Å². The minimum absolute atomic E-state index is 0.0106. The maximum atomic E-state index is 9.27. The molecule has 1 aromatic rings. The maximum absolute atomic E-state index is 9.27. The fourth-order valence-corrected chi connectivity index (χ4v) is 2.80. The molecule has 0 heterocycles. The van der Waals surface area contributed by atoms with E-state index in [9.17, 15) is 5.26 Å². The van der Waals surface area contributed by atoms with E-state index in [2.05, 4.69) is 35.6 Å². The van der Waals surface area contributed by atoms with Gasteiger partial charge in [0.25, 0.3) is 0 Å². The lowest BCUT2D eigenvalue weighted by Gasteiger charge is -2.13. The lowest BCUT2D eigenvalue weighted by molar-refractivity contribution is 0.410. The summed E-state index contributed by atoms with van der Waals surface area (Å²) in [6.07, 6.45) is 4.43. The highest BCUT2D eigenvalue weighted by Crippen LogP contribution is 2.31. The minimum atomic E-state index is -0.0106. The first-order valence-electron chi connectivity index (χ1n) is 5.96. The third-order valence-corrected chi connectivity index (χ3v) is 4.00. The van der Waals surface area contributed by atoms with Crippen LogP contribution in [0.1, 0.15) is 44.1 Å². The van der Waals surface area contributed by atoms with E-state index in [-0.39, 0.29) is 5.92 Å². The zero-order valence-corrected chi connectivity index (χ0v) is 12.5.